The summed E-state index contributed by atoms with van der Waals surface area (Å²) in [5.41, 5.74) is 8.69. The van der Waals surface area contributed by atoms with Crippen LogP contribution in [0.5, 0.6) is 0 Å². The minimum Gasteiger partial charge on any atom is -1.00 e. The molecule has 0 amide bonds. The molecule has 0 bridgehead atoms. The molecule has 3 aromatic rings. The molecule has 0 saturated heterocycles. The third kappa shape index (κ3) is 3.51. The van der Waals surface area contributed by atoms with Gasteiger partial charge in [-0.1, -0.05) is 0 Å². The van der Waals surface area contributed by atoms with Crippen LogP contribution >= 0.6 is 0 Å². The minimum atomic E-state index is -1.02. The zero-order chi connectivity index (χ0) is 17.7. The molecule has 2 aromatic carbocycles. The van der Waals surface area contributed by atoms with E-state index in [1.165, 1.54) is 39.9 Å². The first kappa shape index (κ1) is 21.4. The quantitative estimate of drug-likeness (QED) is 0.399. The predicted molar refractivity (Wildman–Crippen MR) is 106 cm³/mol. The fourth-order valence-corrected chi connectivity index (χ4v) is 10.3. The number of aromatic nitrogens is 1. The van der Waals surface area contributed by atoms with Crippen LogP contribution in [0.15, 0.2) is 75.7 Å². The molecule has 0 saturated carbocycles. The Morgan fingerprint density at radius 2 is 1.71 bits per heavy atom. The van der Waals surface area contributed by atoms with Gasteiger partial charge < -0.3 is 24.8 Å². The molecule has 0 radical (unpaired) electrons. The molecule has 5 rings (SSSR count). The third-order valence-electron chi connectivity index (χ3n) is 5.54. The second-order valence-corrected chi connectivity index (χ2v) is 12.5. The van der Waals surface area contributed by atoms with Crippen molar-refractivity contribution in [3.8, 4) is 0 Å². The topological polar surface area (TPSA) is 4.93 Å². The summed E-state index contributed by atoms with van der Waals surface area (Å²) in [5.74, 6) is 0. The van der Waals surface area contributed by atoms with E-state index < -0.39 is 22.9 Å². The first-order valence-electron chi connectivity index (χ1n) is 9.23. The molecule has 1 unspecified atom stereocenters. The summed E-state index contributed by atoms with van der Waals surface area (Å²) in [6.45, 7) is 4.54. The summed E-state index contributed by atoms with van der Waals surface area (Å²) in [5, 5.41) is 1.34. The SMILES string of the molecule is CC1=[C]([Hf+2][CH]2C(n3c(C)cc4ccccc43)=Cc3ccccc32)CC=C1.[Cl-].[Cl-]. The van der Waals surface area contributed by atoms with Crippen molar-refractivity contribution in [2.45, 2.75) is 23.9 Å². The molecular formula is C24H21Cl2HfN. The smallest absolute Gasteiger partial charge is 1.00 e. The van der Waals surface area contributed by atoms with Crippen molar-refractivity contribution < 1.29 is 47.7 Å². The summed E-state index contributed by atoms with van der Waals surface area (Å²) in [4.78, 5) is 0. The van der Waals surface area contributed by atoms with E-state index in [-0.39, 0.29) is 24.8 Å². The molecule has 140 valence electrons. The van der Waals surface area contributed by atoms with Crippen LogP contribution < -0.4 is 24.8 Å². The molecule has 4 heteroatoms. The van der Waals surface area contributed by atoms with Gasteiger partial charge in [-0.2, -0.15) is 0 Å². The molecule has 0 aliphatic heterocycles. The van der Waals surface area contributed by atoms with Gasteiger partial charge in [-0.3, -0.25) is 0 Å². The average Bonchev–Trinajstić information content (AvgIpc) is 3.31. The summed E-state index contributed by atoms with van der Waals surface area (Å²) >= 11 is -1.02. The number of rotatable bonds is 3. The molecule has 1 heterocycles. The molecule has 2 aliphatic rings. The molecule has 0 spiro atoms. The van der Waals surface area contributed by atoms with Crippen molar-refractivity contribution in [3.05, 3.63) is 92.5 Å². The molecule has 0 fully saturated rings. The number of nitrogens with zero attached hydrogens (tertiary/aromatic N) is 1. The normalized spacial score (nSPS) is 17.1. The van der Waals surface area contributed by atoms with Crippen molar-refractivity contribution in [1.82, 2.24) is 4.57 Å². The summed E-state index contributed by atoms with van der Waals surface area (Å²) < 4.78 is 4.91. The Morgan fingerprint density at radius 1 is 0.964 bits per heavy atom. The van der Waals surface area contributed by atoms with Gasteiger partial charge in [0.15, 0.2) is 0 Å². The van der Waals surface area contributed by atoms with Crippen LogP contribution in [-0.2, 0) is 22.9 Å². The van der Waals surface area contributed by atoms with E-state index in [1.54, 1.807) is 8.89 Å². The van der Waals surface area contributed by atoms with Gasteiger partial charge in [0.1, 0.15) is 0 Å². The number of allylic oxidation sites excluding steroid dienone is 5. The maximum atomic E-state index is 2.52. The Bertz CT molecular complexity index is 1120. The fraction of sp³-hybridized carbons (Fsp3) is 0.167. The van der Waals surface area contributed by atoms with Gasteiger partial charge in [0.05, 0.1) is 0 Å². The maximum absolute atomic E-state index is 2.52. The summed E-state index contributed by atoms with van der Waals surface area (Å²) in [6.07, 6.45) is 8.30. The first-order valence-corrected chi connectivity index (χ1v) is 13.1. The number of aryl methyl sites for hydroxylation is 1. The van der Waals surface area contributed by atoms with Gasteiger partial charge >= 0.3 is 167 Å². The van der Waals surface area contributed by atoms with Crippen LogP contribution in [0, 0.1) is 6.92 Å². The Balaban J connectivity index is 0.00000112. The van der Waals surface area contributed by atoms with Gasteiger partial charge in [0, 0.05) is 0 Å². The average molecular weight is 573 g/mol. The van der Waals surface area contributed by atoms with Crippen LogP contribution in [0.2, 0.25) is 0 Å². The zero-order valence-electron chi connectivity index (χ0n) is 15.9. The van der Waals surface area contributed by atoms with Gasteiger partial charge in [-0.05, 0) is 0 Å². The Morgan fingerprint density at radius 3 is 2.50 bits per heavy atom. The number of fused-ring (bicyclic) bond motifs is 2. The van der Waals surface area contributed by atoms with Crippen LogP contribution in [0.4, 0.5) is 0 Å². The Kier molecular flexibility index (Phi) is 6.54. The van der Waals surface area contributed by atoms with Crippen molar-refractivity contribution in [2.24, 2.45) is 0 Å². The number of hydrogen-bond acceptors (Lipinski definition) is 0. The van der Waals surface area contributed by atoms with E-state index in [9.17, 15) is 0 Å². The van der Waals surface area contributed by atoms with Crippen LogP contribution in [0.25, 0.3) is 22.7 Å². The van der Waals surface area contributed by atoms with Gasteiger partial charge in [0.25, 0.3) is 0 Å². The molecular weight excluding hydrogens is 552 g/mol. The van der Waals surface area contributed by atoms with Crippen molar-refractivity contribution in [1.29, 1.82) is 0 Å². The van der Waals surface area contributed by atoms with E-state index in [0.29, 0.717) is 3.67 Å². The zero-order valence-corrected chi connectivity index (χ0v) is 21.0. The number of benzene rings is 2. The van der Waals surface area contributed by atoms with E-state index >= 15 is 0 Å². The van der Waals surface area contributed by atoms with Crippen molar-refractivity contribution >= 4 is 22.7 Å². The van der Waals surface area contributed by atoms with E-state index in [4.69, 9.17) is 0 Å². The Labute approximate surface area is 190 Å². The number of halogens is 2. The fourth-order valence-electron chi connectivity index (χ4n) is 4.25. The standard InChI is InChI=1S/C18H14N.C6H7.2ClH.Hf/c1-13-10-16-8-4-5-9-18(16)19(13)17-11-14-6-2-3-7-15(14)12-17;1-6-4-2-3-5-6;;;/h2-12H,1H3;2,4H,3H2,1H3;2*1H;/q;;;;+2/p-2. The number of hydrogen-bond donors (Lipinski definition) is 0. The largest absolute Gasteiger partial charge is 1.00 e. The second-order valence-electron chi connectivity index (χ2n) is 7.22. The van der Waals surface area contributed by atoms with E-state index in [2.05, 4.69) is 91.2 Å². The maximum Gasteiger partial charge on any atom is -1.00 e. The van der Waals surface area contributed by atoms with Crippen LogP contribution in [-0.4, -0.2) is 4.57 Å². The third-order valence-corrected chi connectivity index (χ3v) is 12.2. The van der Waals surface area contributed by atoms with Gasteiger partial charge in [-0.25, -0.2) is 0 Å². The van der Waals surface area contributed by atoms with Crippen LogP contribution in [0.1, 0.15) is 33.8 Å². The van der Waals surface area contributed by atoms with E-state index in [1.807, 2.05) is 0 Å². The predicted octanol–water partition coefficient (Wildman–Crippen LogP) is 0.327. The van der Waals surface area contributed by atoms with E-state index in [0.717, 1.165) is 0 Å². The monoisotopic (exact) mass is 573 g/mol. The molecule has 2 aliphatic carbocycles. The Hall–Kier alpha value is -1.35. The molecule has 0 N–H and O–H groups in total. The molecule has 1 nitrogen and oxygen atoms in total. The van der Waals surface area contributed by atoms with Gasteiger partial charge in [-0.15, -0.1) is 0 Å². The minimum absolute atomic E-state index is 0. The second kappa shape index (κ2) is 8.57. The summed E-state index contributed by atoms with van der Waals surface area (Å²) in [6, 6.07) is 20.1. The molecule has 28 heavy (non-hydrogen) atoms. The van der Waals surface area contributed by atoms with Crippen LogP contribution in [0.3, 0.4) is 0 Å². The first-order chi connectivity index (χ1) is 12.7. The number of para-hydroxylation sites is 1. The molecule has 1 aromatic heterocycles. The van der Waals surface area contributed by atoms with Gasteiger partial charge in [0.2, 0.25) is 0 Å². The van der Waals surface area contributed by atoms with Crippen molar-refractivity contribution in [2.75, 3.05) is 0 Å². The van der Waals surface area contributed by atoms with Crippen molar-refractivity contribution in [3.63, 3.8) is 0 Å². The molecule has 1 atom stereocenters. The summed E-state index contributed by atoms with van der Waals surface area (Å²) in [7, 11) is 0.